The number of nitrogens with one attached hydrogen (secondary N) is 2. The number of amides is 1. The van der Waals surface area contributed by atoms with Crippen LogP contribution in [-0.4, -0.2) is 94.7 Å². The smallest absolute Gasteiger partial charge is 0.408 e. The zero-order valence-electron chi connectivity index (χ0n) is 22.0. The minimum atomic E-state index is -1.04. The van der Waals surface area contributed by atoms with Crippen molar-refractivity contribution in [3.63, 3.8) is 0 Å². The lowest BCUT2D eigenvalue weighted by Crippen LogP contribution is -2.52. The standard InChI is InChI=1S/C25H38N6O5/c1-16(13-30-11-9-29(6)10-12-30)26-20(15-32)28-23-27-19-8-7-18(17(2)21(19)22(33)36-23)14-31(24(34)35)25(3,4)5/h7-8,15-16,20,26H,9-14H2,1-6H3,(H,27,28)(H,34,35)/t16?,20-/m0/s1. The monoisotopic (exact) mass is 502 g/mol. The summed E-state index contributed by atoms with van der Waals surface area (Å²) >= 11 is 0. The summed E-state index contributed by atoms with van der Waals surface area (Å²) in [7, 11) is 2.11. The van der Waals surface area contributed by atoms with Crippen molar-refractivity contribution in [3.8, 4) is 0 Å². The first-order chi connectivity index (χ1) is 16.9. The van der Waals surface area contributed by atoms with Crippen LogP contribution in [-0.2, 0) is 11.3 Å². The molecule has 3 N–H and O–H groups in total. The maximum absolute atomic E-state index is 12.9. The number of aldehydes is 1. The number of likely N-dealkylation sites (N-methyl/N-ethyl adjacent to an activating group) is 1. The predicted octanol–water partition coefficient (Wildman–Crippen LogP) is 1.94. The molecule has 1 amide bonds. The van der Waals surface area contributed by atoms with Crippen molar-refractivity contribution in [1.29, 1.82) is 0 Å². The Hall–Kier alpha value is -3.02. The van der Waals surface area contributed by atoms with Crippen LogP contribution in [0.25, 0.3) is 10.9 Å². The minimum absolute atomic E-state index is 0.0214. The third-order valence-corrected chi connectivity index (χ3v) is 6.55. The number of anilines is 1. The molecule has 1 saturated heterocycles. The molecule has 11 heteroatoms. The number of carboxylic acid groups (broad SMARTS) is 1. The fraction of sp³-hybridized carbons (Fsp3) is 0.600. The summed E-state index contributed by atoms with van der Waals surface area (Å²) in [5, 5.41) is 16.0. The third-order valence-electron chi connectivity index (χ3n) is 6.55. The van der Waals surface area contributed by atoms with Gasteiger partial charge in [0.2, 0.25) is 0 Å². The van der Waals surface area contributed by atoms with Crippen LogP contribution in [0.2, 0.25) is 0 Å². The first kappa shape index (κ1) is 27.6. The summed E-state index contributed by atoms with van der Waals surface area (Å²) in [6.07, 6.45) is -1.11. The molecule has 0 radical (unpaired) electrons. The Balaban J connectivity index is 1.74. The molecule has 1 aromatic heterocycles. The Morgan fingerprint density at radius 3 is 2.53 bits per heavy atom. The fourth-order valence-corrected chi connectivity index (χ4v) is 4.38. The van der Waals surface area contributed by atoms with E-state index in [1.807, 2.05) is 27.7 Å². The second-order valence-corrected chi connectivity index (χ2v) is 10.5. The maximum Gasteiger partial charge on any atom is 0.408 e. The summed E-state index contributed by atoms with van der Waals surface area (Å²) in [4.78, 5) is 46.7. The number of carbonyl (C=O) groups is 2. The van der Waals surface area contributed by atoms with E-state index in [1.54, 1.807) is 19.1 Å². The van der Waals surface area contributed by atoms with E-state index >= 15 is 0 Å². The molecular weight excluding hydrogens is 464 g/mol. The van der Waals surface area contributed by atoms with Crippen LogP contribution < -0.4 is 16.3 Å². The second-order valence-electron chi connectivity index (χ2n) is 10.5. The highest BCUT2D eigenvalue weighted by Crippen LogP contribution is 2.24. The molecule has 11 nitrogen and oxygen atoms in total. The van der Waals surface area contributed by atoms with Gasteiger partial charge >= 0.3 is 11.7 Å². The van der Waals surface area contributed by atoms with Crippen molar-refractivity contribution in [2.24, 2.45) is 0 Å². The number of aromatic nitrogens is 1. The summed E-state index contributed by atoms with van der Waals surface area (Å²) in [5.74, 6) is 0. The first-order valence-electron chi connectivity index (χ1n) is 12.2. The van der Waals surface area contributed by atoms with Gasteiger partial charge in [0.15, 0.2) is 6.29 Å². The molecule has 198 valence electrons. The number of fused-ring (bicyclic) bond motifs is 1. The van der Waals surface area contributed by atoms with Crippen molar-refractivity contribution < 1.29 is 19.1 Å². The molecule has 0 saturated carbocycles. The Kier molecular flexibility index (Phi) is 8.70. The molecule has 0 aliphatic carbocycles. The average molecular weight is 503 g/mol. The molecule has 3 rings (SSSR count). The van der Waals surface area contributed by atoms with Crippen LogP contribution in [0.3, 0.4) is 0 Å². The molecular formula is C25H38N6O5. The second kappa shape index (κ2) is 11.4. The lowest BCUT2D eigenvalue weighted by molar-refractivity contribution is -0.109. The summed E-state index contributed by atoms with van der Waals surface area (Å²) in [5.41, 5.74) is 0.501. The highest BCUT2D eigenvalue weighted by Gasteiger charge is 2.27. The highest BCUT2D eigenvalue weighted by atomic mass is 16.4. The highest BCUT2D eigenvalue weighted by molar-refractivity contribution is 5.83. The maximum atomic E-state index is 12.9. The lowest BCUT2D eigenvalue weighted by Gasteiger charge is -2.34. The molecule has 1 unspecified atom stereocenters. The molecule has 2 atom stereocenters. The van der Waals surface area contributed by atoms with Gasteiger partial charge in [-0.3, -0.25) is 19.9 Å². The Morgan fingerprint density at radius 1 is 1.28 bits per heavy atom. The molecule has 1 aromatic carbocycles. The number of nitrogens with zero attached hydrogens (tertiary/aromatic N) is 4. The van der Waals surface area contributed by atoms with E-state index in [-0.39, 0.29) is 24.0 Å². The van der Waals surface area contributed by atoms with Crippen LogP contribution in [0.4, 0.5) is 10.8 Å². The van der Waals surface area contributed by atoms with Gasteiger partial charge < -0.3 is 19.7 Å². The van der Waals surface area contributed by atoms with E-state index in [0.29, 0.717) is 22.9 Å². The summed E-state index contributed by atoms with van der Waals surface area (Å²) in [6.45, 7) is 14.1. The van der Waals surface area contributed by atoms with E-state index < -0.39 is 23.4 Å². The fourth-order valence-electron chi connectivity index (χ4n) is 4.38. The Bertz CT molecular complexity index is 1140. The molecule has 1 fully saturated rings. The lowest BCUT2D eigenvalue weighted by atomic mass is 10.0. The minimum Gasteiger partial charge on any atom is -0.465 e. The average Bonchev–Trinajstić information content (AvgIpc) is 2.78. The van der Waals surface area contributed by atoms with Crippen LogP contribution in [0, 0.1) is 6.92 Å². The van der Waals surface area contributed by atoms with Crippen LogP contribution in [0.1, 0.15) is 38.8 Å². The molecule has 0 spiro atoms. The topological polar surface area (TPSA) is 131 Å². The van der Waals surface area contributed by atoms with Gasteiger partial charge in [0.25, 0.3) is 6.01 Å². The number of piperazine rings is 1. The molecule has 1 aliphatic heterocycles. The number of hydrogen-bond acceptors (Lipinski definition) is 9. The number of rotatable bonds is 9. The van der Waals surface area contributed by atoms with Crippen molar-refractivity contribution in [2.45, 2.75) is 58.9 Å². The van der Waals surface area contributed by atoms with Crippen LogP contribution >= 0.6 is 0 Å². The first-order valence-corrected chi connectivity index (χ1v) is 12.2. The van der Waals surface area contributed by atoms with Crippen molar-refractivity contribution >= 4 is 29.3 Å². The van der Waals surface area contributed by atoms with Crippen molar-refractivity contribution in [2.75, 3.05) is 45.1 Å². The van der Waals surface area contributed by atoms with Crippen molar-refractivity contribution in [3.05, 3.63) is 33.7 Å². The summed E-state index contributed by atoms with van der Waals surface area (Å²) < 4.78 is 5.40. The van der Waals surface area contributed by atoms with Crippen LogP contribution in [0.15, 0.2) is 21.3 Å². The summed E-state index contributed by atoms with van der Waals surface area (Å²) in [6, 6.07) is 3.40. The predicted molar refractivity (Wildman–Crippen MR) is 138 cm³/mol. The normalized spacial score (nSPS) is 17.1. The van der Waals surface area contributed by atoms with Crippen molar-refractivity contribution in [1.82, 2.24) is 25.0 Å². The number of hydrogen-bond donors (Lipinski definition) is 3. The number of aryl methyl sites for hydroxylation is 1. The van der Waals surface area contributed by atoms with E-state index in [4.69, 9.17) is 4.42 Å². The van der Waals surface area contributed by atoms with Gasteiger partial charge in [-0.25, -0.2) is 9.59 Å². The van der Waals surface area contributed by atoms with Crippen LogP contribution in [0.5, 0.6) is 0 Å². The zero-order valence-corrected chi connectivity index (χ0v) is 22.0. The van der Waals surface area contributed by atoms with E-state index in [0.717, 1.165) is 32.7 Å². The van der Waals surface area contributed by atoms with Gasteiger partial charge in [0, 0.05) is 50.8 Å². The quantitative estimate of drug-likeness (QED) is 0.345. The molecule has 2 aromatic rings. The number of carbonyl (C=O) groups excluding carboxylic acids is 1. The molecule has 0 bridgehead atoms. The van der Waals surface area contributed by atoms with Gasteiger partial charge in [0.1, 0.15) is 6.17 Å². The van der Waals surface area contributed by atoms with Gasteiger partial charge in [-0.1, -0.05) is 6.07 Å². The number of benzene rings is 1. The SMILES string of the molecule is Cc1c(CN(C(=O)O)C(C)(C)C)ccc2nc(N[C@@H](C=O)NC(C)CN3CCN(C)CC3)oc(=O)c12. The molecule has 36 heavy (non-hydrogen) atoms. The van der Waals surface area contributed by atoms with Gasteiger partial charge in [0.05, 0.1) is 10.9 Å². The molecule has 1 aliphatic rings. The largest absolute Gasteiger partial charge is 0.465 e. The van der Waals surface area contributed by atoms with Gasteiger partial charge in [-0.15, -0.1) is 0 Å². The Labute approximate surface area is 211 Å². The van der Waals surface area contributed by atoms with E-state index in [2.05, 4.69) is 32.5 Å². The van der Waals surface area contributed by atoms with E-state index in [1.165, 1.54) is 4.90 Å². The Morgan fingerprint density at radius 2 is 1.94 bits per heavy atom. The molecule has 2 heterocycles. The van der Waals surface area contributed by atoms with Gasteiger partial charge in [-0.05, 0) is 58.9 Å². The third kappa shape index (κ3) is 6.80. The van der Waals surface area contributed by atoms with Gasteiger partial charge in [-0.2, -0.15) is 4.98 Å². The zero-order chi connectivity index (χ0) is 26.6. The van der Waals surface area contributed by atoms with E-state index in [9.17, 15) is 19.5 Å².